The Kier molecular flexibility index (Phi) is 8.64. The Morgan fingerprint density at radius 3 is 2.62 bits per heavy atom. The lowest BCUT2D eigenvalue weighted by atomic mass is 10.0. The Hall–Kier alpha value is -2.90. The lowest BCUT2D eigenvalue weighted by Gasteiger charge is -2.30. The number of aryl methyl sites for hydroxylation is 1. The number of amides is 1. The number of methoxy groups -OCH3 is 1. The van der Waals surface area contributed by atoms with Gasteiger partial charge < -0.3 is 14.6 Å². The maximum Gasteiger partial charge on any atom is 0.227 e. The zero-order chi connectivity index (χ0) is 22.9. The van der Waals surface area contributed by atoms with Crippen molar-refractivity contribution in [2.75, 3.05) is 26.7 Å². The number of likely N-dealkylation sites (N-methyl/N-ethyl adjacent to an activating group) is 1. The summed E-state index contributed by atoms with van der Waals surface area (Å²) in [4.78, 5) is 19.2. The van der Waals surface area contributed by atoms with Gasteiger partial charge in [-0.1, -0.05) is 42.7 Å². The summed E-state index contributed by atoms with van der Waals surface area (Å²) >= 11 is 5.92. The quantitative estimate of drug-likeness (QED) is 0.456. The molecule has 1 N–H and O–H groups in total. The molecule has 8 heteroatoms. The van der Waals surface area contributed by atoms with Crippen LogP contribution in [0.15, 0.2) is 53.1 Å². The highest BCUT2D eigenvalue weighted by Gasteiger charge is 2.20. The summed E-state index contributed by atoms with van der Waals surface area (Å²) in [5.41, 5.74) is 1.92. The maximum atomic E-state index is 12.5. The first-order chi connectivity index (χ1) is 15.5. The third-order valence-corrected chi connectivity index (χ3v) is 5.61. The van der Waals surface area contributed by atoms with Gasteiger partial charge in [0, 0.05) is 30.0 Å². The number of halogens is 1. The van der Waals surface area contributed by atoms with E-state index in [4.69, 9.17) is 20.9 Å². The monoisotopic (exact) mass is 456 g/mol. The summed E-state index contributed by atoms with van der Waals surface area (Å²) < 4.78 is 10.7. The number of carbonyl (C=O) groups excluding carboxylic acids is 1. The number of hydrogen-bond donors (Lipinski definition) is 1. The van der Waals surface area contributed by atoms with E-state index in [9.17, 15) is 4.79 Å². The van der Waals surface area contributed by atoms with Gasteiger partial charge in [-0.05, 0) is 55.1 Å². The van der Waals surface area contributed by atoms with E-state index in [0.717, 1.165) is 30.0 Å². The van der Waals surface area contributed by atoms with Crippen molar-refractivity contribution >= 4 is 17.5 Å². The zero-order valence-electron chi connectivity index (χ0n) is 18.7. The minimum absolute atomic E-state index is 0.0590. The molecule has 0 aliphatic carbocycles. The van der Waals surface area contributed by atoms with Crippen LogP contribution in [0.5, 0.6) is 5.75 Å². The molecule has 3 rings (SSSR count). The van der Waals surface area contributed by atoms with Crippen LogP contribution in [0.4, 0.5) is 0 Å². The molecule has 1 amide bonds. The van der Waals surface area contributed by atoms with Crippen LogP contribution >= 0.6 is 11.6 Å². The fraction of sp³-hybridized carbons (Fsp3) is 0.375. The Labute approximate surface area is 193 Å². The second kappa shape index (κ2) is 11.6. The summed E-state index contributed by atoms with van der Waals surface area (Å²) in [6, 6.07) is 15.2. The Morgan fingerprint density at radius 2 is 1.94 bits per heavy atom. The molecule has 0 aliphatic rings. The van der Waals surface area contributed by atoms with Crippen LogP contribution in [0.1, 0.15) is 37.8 Å². The number of ether oxygens (including phenoxy) is 1. The molecule has 7 nitrogen and oxygen atoms in total. The molecule has 0 saturated carbocycles. The first-order valence-electron chi connectivity index (χ1n) is 10.8. The number of carbonyl (C=O) groups is 1. The van der Waals surface area contributed by atoms with E-state index in [1.807, 2.05) is 30.3 Å². The second-order valence-electron chi connectivity index (χ2n) is 7.34. The topological polar surface area (TPSA) is 80.5 Å². The number of rotatable bonds is 11. The van der Waals surface area contributed by atoms with Gasteiger partial charge in [-0.25, -0.2) is 0 Å². The molecule has 1 aromatic heterocycles. The lowest BCUT2D eigenvalue weighted by Crippen LogP contribution is -2.38. The smallest absolute Gasteiger partial charge is 0.227 e. The van der Waals surface area contributed by atoms with E-state index in [0.29, 0.717) is 29.7 Å². The number of hydrogen-bond acceptors (Lipinski definition) is 6. The van der Waals surface area contributed by atoms with Crippen LogP contribution < -0.4 is 10.1 Å². The van der Waals surface area contributed by atoms with Crippen molar-refractivity contribution in [3.05, 3.63) is 65.0 Å². The number of nitrogens with one attached hydrogen (secondary N) is 1. The first-order valence-corrected chi connectivity index (χ1v) is 11.1. The molecular formula is C24H29ClN4O3. The fourth-order valence-electron chi connectivity index (χ4n) is 3.56. The van der Waals surface area contributed by atoms with E-state index in [1.165, 1.54) is 0 Å². The molecule has 0 radical (unpaired) electrons. The van der Waals surface area contributed by atoms with Gasteiger partial charge in [0.15, 0.2) is 0 Å². The minimum Gasteiger partial charge on any atom is -0.497 e. The summed E-state index contributed by atoms with van der Waals surface area (Å²) in [5.74, 6) is 1.66. The van der Waals surface area contributed by atoms with Gasteiger partial charge in [0.05, 0.1) is 13.2 Å². The highest BCUT2D eigenvalue weighted by Crippen LogP contribution is 2.24. The SMILES string of the molecule is CCN(CC)C(CNC(=O)CCc1nc(-c2ccc(Cl)cc2)no1)c1cccc(OC)c1. The van der Waals surface area contributed by atoms with Crippen molar-refractivity contribution in [2.24, 2.45) is 0 Å². The average molecular weight is 457 g/mol. The summed E-state index contributed by atoms with van der Waals surface area (Å²) in [6.07, 6.45) is 0.646. The Balaban J connectivity index is 1.57. The highest BCUT2D eigenvalue weighted by atomic mass is 35.5. The minimum atomic E-state index is -0.0590. The standard InChI is InChI=1S/C24H29ClN4O3/c1-4-29(5-2)21(18-7-6-8-20(15-18)31-3)16-26-22(30)13-14-23-27-24(28-32-23)17-9-11-19(25)12-10-17/h6-12,15,21H,4-5,13-14,16H2,1-3H3,(H,26,30). The predicted molar refractivity (Wildman–Crippen MR) is 125 cm³/mol. The van der Waals surface area contributed by atoms with Crippen LogP contribution in [-0.4, -0.2) is 47.7 Å². The normalized spacial score (nSPS) is 12.0. The van der Waals surface area contributed by atoms with E-state index >= 15 is 0 Å². The van der Waals surface area contributed by atoms with E-state index in [2.05, 4.69) is 40.3 Å². The van der Waals surface area contributed by atoms with Gasteiger partial charge in [0.2, 0.25) is 17.6 Å². The van der Waals surface area contributed by atoms with Crippen molar-refractivity contribution in [1.29, 1.82) is 0 Å². The van der Waals surface area contributed by atoms with Crippen molar-refractivity contribution < 1.29 is 14.1 Å². The first kappa shape index (κ1) is 23.8. The van der Waals surface area contributed by atoms with Gasteiger partial charge in [-0.2, -0.15) is 4.98 Å². The molecule has 0 saturated heterocycles. The van der Waals surface area contributed by atoms with E-state index < -0.39 is 0 Å². The van der Waals surface area contributed by atoms with Gasteiger partial charge in [0.1, 0.15) is 5.75 Å². The molecule has 0 aliphatic heterocycles. The van der Waals surface area contributed by atoms with Crippen molar-refractivity contribution in [3.8, 4) is 17.1 Å². The second-order valence-corrected chi connectivity index (χ2v) is 7.77. The molecule has 0 spiro atoms. The summed E-state index contributed by atoms with van der Waals surface area (Å²) in [5, 5.41) is 7.69. The van der Waals surface area contributed by atoms with Crippen molar-refractivity contribution in [3.63, 3.8) is 0 Å². The summed E-state index contributed by atoms with van der Waals surface area (Å²) in [6.45, 7) is 6.50. The molecule has 170 valence electrons. The third kappa shape index (κ3) is 6.31. The fourth-order valence-corrected chi connectivity index (χ4v) is 3.69. The molecule has 2 aromatic carbocycles. The third-order valence-electron chi connectivity index (χ3n) is 5.36. The predicted octanol–water partition coefficient (Wildman–Crippen LogP) is 4.53. The molecule has 0 bridgehead atoms. The van der Waals surface area contributed by atoms with Crippen molar-refractivity contribution in [1.82, 2.24) is 20.4 Å². The van der Waals surface area contributed by atoms with E-state index in [-0.39, 0.29) is 18.4 Å². The average Bonchev–Trinajstić information content (AvgIpc) is 3.30. The van der Waals surface area contributed by atoms with Crippen LogP contribution in [0.2, 0.25) is 5.02 Å². The van der Waals surface area contributed by atoms with Gasteiger partial charge in [-0.15, -0.1) is 0 Å². The van der Waals surface area contributed by atoms with Crippen molar-refractivity contribution in [2.45, 2.75) is 32.7 Å². The van der Waals surface area contributed by atoms with Gasteiger partial charge >= 0.3 is 0 Å². The van der Waals surface area contributed by atoms with Crippen LogP contribution in [0.3, 0.4) is 0 Å². The molecule has 32 heavy (non-hydrogen) atoms. The summed E-state index contributed by atoms with van der Waals surface area (Å²) in [7, 11) is 1.66. The molecule has 3 aromatic rings. The molecule has 1 heterocycles. The largest absolute Gasteiger partial charge is 0.497 e. The number of benzene rings is 2. The molecule has 1 atom stereocenters. The highest BCUT2D eigenvalue weighted by molar-refractivity contribution is 6.30. The van der Waals surface area contributed by atoms with Gasteiger partial charge in [0.25, 0.3) is 0 Å². The molecule has 0 fully saturated rings. The van der Waals surface area contributed by atoms with Crippen LogP contribution in [0.25, 0.3) is 11.4 Å². The molecule has 1 unspecified atom stereocenters. The maximum absolute atomic E-state index is 12.5. The molecular weight excluding hydrogens is 428 g/mol. The van der Waals surface area contributed by atoms with Gasteiger partial charge in [-0.3, -0.25) is 9.69 Å². The lowest BCUT2D eigenvalue weighted by molar-refractivity contribution is -0.121. The number of nitrogens with zero attached hydrogens (tertiary/aromatic N) is 3. The van der Waals surface area contributed by atoms with E-state index in [1.54, 1.807) is 19.2 Å². The zero-order valence-corrected chi connectivity index (χ0v) is 19.4. The Morgan fingerprint density at radius 1 is 1.19 bits per heavy atom. The van der Waals surface area contributed by atoms with Crippen LogP contribution in [-0.2, 0) is 11.2 Å². The number of aromatic nitrogens is 2. The Bertz CT molecular complexity index is 1000. The van der Waals surface area contributed by atoms with Crippen LogP contribution in [0, 0.1) is 0 Å².